The minimum atomic E-state index is -0.129. The molecule has 3 fully saturated rings. The van der Waals surface area contributed by atoms with Crippen LogP contribution in [0, 0.1) is 23.2 Å². The number of alkyl halides is 1. The molecule has 2 heterocycles. The van der Waals surface area contributed by atoms with Crippen LogP contribution >= 0.6 is 11.6 Å². The van der Waals surface area contributed by atoms with Crippen LogP contribution in [0.15, 0.2) is 18.2 Å². The van der Waals surface area contributed by atoms with Gasteiger partial charge in [-0.3, -0.25) is 9.69 Å². The fourth-order valence-corrected chi connectivity index (χ4v) is 5.45. The number of hydrogen-bond acceptors (Lipinski definition) is 7. The van der Waals surface area contributed by atoms with Crippen LogP contribution in [0.2, 0.25) is 0 Å². The molecule has 180 valence electrons. The maximum Gasteiger partial charge on any atom is 0.225 e. The summed E-state index contributed by atoms with van der Waals surface area (Å²) in [5.74, 6) is 0.819. The summed E-state index contributed by atoms with van der Waals surface area (Å²) in [5.41, 5.74) is 1.31. The Balaban J connectivity index is 1.25. The second-order valence-corrected chi connectivity index (χ2v) is 9.63. The Bertz CT molecular complexity index is 857. The minimum absolute atomic E-state index is 0.0324. The molecule has 1 aromatic rings. The number of benzene rings is 1. The van der Waals surface area contributed by atoms with E-state index < -0.39 is 0 Å². The Morgan fingerprint density at radius 2 is 2.12 bits per heavy atom. The number of halogens is 1. The van der Waals surface area contributed by atoms with Crippen molar-refractivity contribution in [1.29, 1.82) is 5.26 Å². The van der Waals surface area contributed by atoms with Crippen molar-refractivity contribution in [3.05, 3.63) is 23.8 Å². The van der Waals surface area contributed by atoms with E-state index in [-0.39, 0.29) is 29.3 Å². The summed E-state index contributed by atoms with van der Waals surface area (Å²) in [4.78, 5) is 15.1. The first kappa shape index (κ1) is 24.1. The van der Waals surface area contributed by atoms with E-state index >= 15 is 0 Å². The number of nitriles is 1. The molecule has 1 saturated carbocycles. The zero-order chi connectivity index (χ0) is 23.2. The molecule has 2 saturated heterocycles. The third-order valence-electron chi connectivity index (χ3n) is 6.99. The first-order valence-electron chi connectivity index (χ1n) is 11.8. The van der Waals surface area contributed by atoms with E-state index in [0.717, 1.165) is 57.8 Å². The molecular formula is C24H33ClN4O4. The van der Waals surface area contributed by atoms with Gasteiger partial charge in [-0.2, -0.15) is 5.26 Å². The smallest absolute Gasteiger partial charge is 0.225 e. The average molecular weight is 477 g/mol. The van der Waals surface area contributed by atoms with Crippen LogP contribution in [0.1, 0.15) is 24.8 Å². The molecule has 2 N–H and O–H groups in total. The normalized spacial score (nSPS) is 30.1. The predicted octanol–water partition coefficient (Wildman–Crippen LogP) is 2.22. The van der Waals surface area contributed by atoms with Crippen molar-refractivity contribution in [2.24, 2.45) is 11.8 Å². The third kappa shape index (κ3) is 6.10. The summed E-state index contributed by atoms with van der Waals surface area (Å²) in [6.07, 6.45) is 2.38. The van der Waals surface area contributed by atoms with E-state index in [0.29, 0.717) is 30.4 Å². The van der Waals surface area contributed by atoms with Crippen LogP contribution in [-0.2, 0) is 14.3 Å². The molecule has 0 spiro atoms. The lowest BCUT2D eigenvalue weighted by molar-refractivity contribution is -0.130. The Morgan fingerprint density at radius 3 is 2.88 bits per heavy atom. The highest BCUT2D eigenvalue weighted by Gasteiger charge is 2.43. The fraction of sp³-hybridized carbons (Fsp3) is 0.667. The van der Waals surface area contributed by atoms with Crippen LogP contribution < -0.4 is 15.4 Å². The largest absolute Gasteiger partial charge is 0.495 e. The highest BCUT2D eigenvalue weighted by Crippen LogP contribution is 2.37. The highest BCUT2D eigenvalue weighted by molar-refractivity contribution is 6.21. The van der Waals surface area contributed by atoms with Crippen molar-refractivity contribution in [3.8, 4) is 11.8 Å². The van der Waals surface area contributed by atoms with Crippen LogP contribution in [-0.4, -0.2) is 81.4 Å². The van der Waals surface area contributed by atoms with E-state index in [1.165, 1.54) is 0 Å². The number of ether oxygens (including phenoxy) is 3. The van der Waals surface area contributed by atoms with E-state index in [4.69, 9.17) is 31.1 Å². The molecule has 1 amide bonds. The van der Waals surface area contributed by atoms with Gasteiger partial charge in [-0.15, -0.1) is 11.6 Å². The Kier molecular flexibility index (Phi) is 8.31. The molecular weight excluding hydrogens is 444 g/mol. The molecule has 5 atom stereocenters. The molecule has 0 bridgehead atoms. The van der Waals surface area contributed by atoms with Gasteiger partial charge in [-0.1, -0.05) is 0 Å². The van der Waals surface area contributed by atoms with Gasteiger partial charge in [-0.05, 0) is 37.3 Å². The summed E-state index contributed by atoms with van der Waals surface area (Å²) in [5, 5.41) is 15.6. The number of amides is 1. The maximum atomic E-state index is 12.8. The van der Waals surface area contributed by atoms with Crippen LogP contribution in [0.5, 0.6) is 5.75 Å². The quantitative estimate of drug-likeness (QED) is 0.555. The number of morpholine rings is 1. The highest BCUT2D eigenvalue weighted by atomic mass is 35.5. The van der Waals surface area contributed by atoms with Crippen molar-refractivity contribution < 1.29 is 19.0 Å². The summed E-state index contributed by atoms with van der Waals surface area (Å²) >= 11 is 6.72. The molecule has 8 nitrogen and oxygen atoms in total. The lowest BCUT2D eigenvalue weighted by Gasteiger charge is -2.44. The van der Waals surface area contributed by atoms with Gasteiger partial charge in [0.1, 0.15) is 11.8 Å². The molecule has 0 aromatic heterocycles. The van der Waals surface area contributed by atoms with Gasteiger partial charge in [0.15, 0.2) is 0 Å². The monoisotopic (exact) mass is 476 g/mol. The number of rotatable bonds is 8. The van der Waals surface area contributed by atoms with Crippen molar-refractivity contribution in [1.82, 2.24) is 10.2 Å². The molecule has 5 unspecified atom stereocenters. The Labute approximate surface area is 200 Å². The van der Waals surface area contributed by atoms with E-state index in [2.05, 4.69) is 21.6 Å². The van der Waals surface area contributed by atoms with Gasteiger partial charge in [0.2, 0.25) is 5.91 Å². The number of carbonyl (C=O) groups excluding carboxylic acids is 1. The van der Waals surface area contributed by atoms with Gasteiger partial charge in [-0.25, -0.2) is 0 Å². The zero-order valence-corrected chi connectivity index (χ0v) is 19.9. The topological polar surface area (TPSA) is 95.8 Å². The third-order valence-corrected chi connectivity index (χ3v) is 7.45. The van der Waals surface area contributed by atoms with E-state index in [9.17, 15) is 4.79 Å². The van der Waals surface area contributed by atoms with Gasteiger partial charge in [0.25, 0.3) is 0 Å². The zero-order valence-electron chi connectivity index (χ0n) is 19.1. The van der Waals surface area contributed by atoms with Crippen LogP contribution in [0.25, 0.3) is 0 Å². The number of methoxy groups -OCH3 is 1. The molecule has 1 aromatic carbocycles. The van der Waals surface area contributed by atoms with Crippen molar-refractivity contribution in [2.45, 2.75) is 36.8 Å². The second kappa shape index (κ2) is 11.4. The number of anilines is 1. The first-order chi connectivity index (χ1) is 16.1. The van der Waals surface area contributed by atoms with Gasteiger partial charge in [0, 0.05) is 44.0 Å². The first-order valence-corrected chi connectivity index (χ1v) is 12.2. The second-order valence-electron chi connectivity index (χ2n) is 9.07. The number of hydrogen-bond donors (Lipinski definition) is 2. The number of carbonyl (C=O) groups is 1. The summed E-state index contributed by atoms with van der Waals surface area (Å²) in [6.45, 7) is 5.53. The molecule has 33 heavy (non-hydrogen) atoms. The number of nitrogens with zero attached hydrogens (tertiary/aromatic N) is 2. The molecule has 2 aliphatic heterocycles. The number of nitrogens with one attached hydrogen (secondary N) is 2. The maximum absolute atomic E-state index is 12.8. The van der Waals surface area contributed by atoms with Gasteiger partial charge in [0.05, 0.1) is 49.9 Å². The molecule has 1 aliphatic carbocycles. The molecule has 9 heteroatoms. The van der Waals surface area contributed by atoms with Crippen molar-refractivity contribution in [2.75, 3.05) is 58.4 Å². The van der Waals surface area contributed by atoms with E-state index in [1.807, 2.05) is 6.07 Å². The number of fused-ring (bicyclic) bond motifs is 1. The fourth-order valence-electron chi connectivity index (χ4n) is 5.05. The standard InChI is InChI=1S/C24H33ClN4O4/c1-31-22-12-19(3-2-16(22)14-26)27-15-18-10-17-11-20(25)23(13-21(17)28-24(18)30)33-9-6-29-4-7-32-8-5-29/h2-3,12,17-18,20-21,23,27H,4-11,13,15H2,1H3,(H,28,30). The Morgan fingerprint density at radius 1 is 1.30 bits per heavy atom. The molecule has 4 rings (SSSR count). The Hall–Kier alpha value is -2.05. The van der Waals surface area contributed by atoms with Crippen molar-refractivity contribution in [3.63, 3.8) is 0 Å². The van der Waals surface area contributed by atoms with Crippen molar-refractivity contribution >= 4 is 23.2 Å². The lowest BCUT2D eigenvalue weighted by atomic mass is 9.74. The van der Waals surface area contributed by atoms with Gasteiger partial charge >= 0.3 is 0 Å². The summed E-state index contributed by atoms with van der Waals surface area (Å²) in [7, 11) is 1.54. The van der Waals surface area contributed by atoms with Gasteiger partial charge < -0.3 is 24.8 Å². The van der Waals surface area contributed by atoms with Crippen LogP contribution in [0.4, 0.5) is 5.69 Å². The van der Waals surface area contributed by atoms with E-state index in [1.54, 1.807) is 19.2 Å². The molecule has 0 radical (unpaired) electrons. The summed E-state index contributed by atoms with van der Waals surface area (Å²) in [6, 6.07) is 7.56. The minimum Gasteiger partial charge on any atom is -0.495 e. The lowest BCUT2D eigenvalue weighted by Crippen LogP contribution is -2.56. The SMILES string of the molecule is COc1cc(NCC2CC3CC(Cl)C(OCCN4CCOCC4)CC3NC2=O)ccc1C#N. The molecule has 3 aliphatic rings. The number of piperidine rings is 1. The summed E-state index contributed by atoms with van der Waals surface area (Å²) < 4.78 is 16.8. The van der Waals surface area contributed by atoms with Crippen LogP contribution in [0.3, 0.4) is 0 Å². The average Bonchev–Trinajstić information content (AvgIpc) is 2.84. The predicted molar refractivity (Wildman–Crippen MR) is 126 cm³/mol.